The topological polar surface area (TPSA) is 89.7 Å². The Morgan fingerprint density at radius 2 is 2.00 bits per heavy atom. The van der Waals surface area contributed by atoms with Gasteiger partial charge < -0.3 is 9.84 Å². The molecule has 0 aliphatic rings. The van der Waals surface area contributed by atoms with E-state index in [2.05, 4.69) is 0 Å². The molecule has 0 aromatic heterocycles. The van der Waals surface area contributed by atoms with E-state index < -0.39 is 10.9 Å². The molecule has 0 amide bonds. The van der Waals surface area contributed by atoms with Crippen molar-refractivity contribution in [2.45, 2.75) is 0 Å². The molecule has 0 saturated heterocycles. The van der Waals surface area contributed by atoms with Gasteiger partial charge in [0.1, 0.15) is 5.75 Å². The Morgan fingerprint density at radius 3 is 2.57 bits per heavy atom. The summed E-state index contributed by atoms with van der Waals surface area (Å²) in [7, 11) is 1.41. The van der Waals surface area contributed by atoms with E-state index in [0.717, 1.165) is 6.07 Å². The van der Waals surface area contributed by atoms with E-state index in [1.165, 1.54) is 19.2 Å². The maximum atomic E-state index is 11.4. The van der Waals surface area contributed by atoms with Gasteiger partial charge in [-0.3, -0.25) is 10.1 Å². The molecule has 2 aromatic rings. The molecule has 0 bridgehead atoms. The fourth-order valence-corrected chi connectivity index (χ4v) is 2.24. The summed E-state index contributed by atoms with van der Waals surface area (Å²) in [5, 5.41) is 20.4. The third kappa shape index (κ3) is 2.80. The number of hydrogen-bond donors (Lipinski definition) is 1. The molecule has 6 nitrogen and oxygen atoms in total. The number of methoxy groups -OCH3 is 1. The summed E-state index contributed by atoms with van der Waals surface area (Å²) in [6.07, 6.45) is 0. The van der Waals surface area contributed by atoms with Crippen molar-refractivity contribution in [2.24, 2.45) is 0 Å². The minimum Gasteiger partial charge on any atom is -0.495 e. The molecule has 0 unspecified atom stereocenters. The number of non-ortho nitro benzene ring substituents is 1. The number of nitrogens with zero attached hydrogens (tertiary/aromatic N) is 1. The first kappa shape index (κ1) is 14.8. The number of rotatable bonds is 4. The van der Waals surface area contributed by atoms with Crippen molar-refractivity contribution in [1.82, 2.24) is 0 Å². The lowest BCUT2D eigenvalue weighted by atomic mass is 9.98. The maximum Gasteiger partial charge on any atom is 0.336 e. The van der Waals surface area contributed by atoms with Crippen LogP contribution in [-0.2, 0) is 0 Å². The van der Waals surface area contributed by atoms with Crippen molar-refractivity contribution in [2.75, 3.05) is 7.11 Å². The first-order valence-corrected chi connectivity index (χ1v) is 6.18. The van der Waals surface area contributed by atoms with Gasteiger partial charge in [0.2, 0.25) is 0 Å². The molecule has 0 saturated carbocycles. The minimum absolute atomic E-state index is 0.190. The summed E-state index contributed by atoms with van der Waals surface area (Å²) < 4.78 is 5.18. The molecule has 0 atom stereocenters. The molecule has 2 rings (SSSR count). The molecule has 0 aliphatic heterocycles. The summed E-state index contributed by atoms with van der Waals surface area (Å²) in [5.74, 6) is -0.953. The quantitative estimate of drug-likeness (QED) is 0.688. The van der Waals surface area contributed by atoms with E-state index in [0.29, 0.717) is 21.9 Å². The largest absolute Gasteiger partial charge is 0.495 e. The molecular formula is C14H10ClNO5. The van der Waals surface area contributed by atoms with Crippen LogP contribution in [0.5, 0.6) is 5.75 Å². The van der Waals surface area contributed by atoms with Gasteiger partial charge in [0.25, 0.3) is 5.69 Å². The molecule has 0 aliphatic carbocycles. The fourth-order valence-electron chi connectivity index (χ4n) is 1.99. The number of hydrogen-bond acceptors (Lipinski definition) is 4. The predicted molar refractivity (Wildman–Crippen MR) is 77.1 cm³/mol. The number of nitro groups is 1. The normalized spacial score (nSPS) is 10.2. The monoisotopic (exact) mass is 307 g/mol. The van der Waals surface area contributed by atoms with Gasteiger partial charge in [-0.25, -0.2) is 4.79 Å². The Balaban J connectivity index is 2.72. The maximum absolute atomic E-state index is 11.4. The highest BCUT2D eigenvalue weighted by Crippen LogP contribution is 2.38. The van der Waals surface area contributed by atoms with E-state index in [9.17, 15) is 20.0 Å². The summed E-state index contributed by atoms with van der Waals surface area (Å²) in [4.78, 5) is 21.5. The Hall–Kier alpha value is -2.60. The van der Waals surface area contributed by atoms with Gasteiger partial charge in [0, 0.05) is 23.3 Å². The molecule has 0 radical (unpaired) electrons. The van der Waals surface area contributed by atoms with Crippen LogP contribution >= 0.6 is 11.6 Å². The van der Waals surface area contributed by atoms with Gasteiger partial charge in [-0.05, 0) is 12.1 Å². The Kier molecular flexibility index (Phi) is 4.09. The number of aromatic carboxylic acids is 1. The van der Waals surface area contributed by atoms with Crippen LogP contribution in [0.2, 0.25) is 5.02 Å². The van der Waals surface area contributed by atoms with Crippen LogP contribution in [0.1, 0.15) is 10.4 Å². The smallest absolute Gasteiger partial charge is 0.336 e. The third-order valence-corrected chi connectivity index (χ3v) is 3.20. The molecule has 0 spiro atoms. The number of halogens is 1. The summed E-state index contributed by atoms with van der Waals surface area (Å²) in [5.41, 5.74) is 0.270. The number of benzene rings is 2. The summed E-state index contributed by atoms with van der Waals surface area (Å²) >= 11 is 6.01. The van der Waals surface area contributed by atoms with Gasteiger partial charge in [-0.15, -0.1) is 0 Å². The molecule has 0 heterocycles. The van der Waals surface area contributed by atoms with Gasteiger partial charge in [-0.1, -0.05) is 23.7 Å². The number of carboxylic acids is 1. The Bertz CT molecular complexity index is 729. The van der Waals surface area contributed by atoms with Gasteiger partial charge in [0.15, 0.2) is 0 Å². The minimum atomic E-state index is -1.27. The highest BCUT2D eigenvalue weighted by Gasteiger charge is 2.20. The lowest BCUT2D eigenvalue weighted by molar-refractivity contribution is -0.384. The molecule has 21 heavy (non-hydrogen) atoms. The average molecular weight is 308 g/mol. The van der Waals surface area contributed by atoms with Crippen LogP contribution in [-0.4, -0.2) is 23.1 Å². The first-order chi connectivity index (χ1) is 9.95. The summed E-state index contributed by atoms with van der Waals surface area (Å²) in [6, 6.07) is 8.51. The number of para-hydroxylation sites is 1. The van der Waals surface area contributed by atoms with Crippen LogP contribution in [0.25, 0.3) is 11.1 Å². The first-order valence-electron chi connectivity index (χ1n) is 5.80. The lowest BCUT2D eigenvalue weighted by Crippen LogP contribution is -2.02. The van der Waals surface area contributed by atoms with E-state index >= 15 is 0 Å². The van der Waals surface area contributed by atoms with E-state index in [1.807, 2.05) is 0 Å². The molecular weight excluding hydrogens is 298 g/mol. The van der Waals surface area contributed by atoms with E-state index in [4.69, 9.17) is 16.3 Å². The zero-order valence-corrected chi connectivity index (χ0v) is 11.6. The number of carboxylic acid groups (broad SMARTS) is 1. The number of ether oxygens (including phenoxy) is 1. The van der Waals surface area contributed by atoms with Crippen molar-refractivity contribution >= 4 is 23.3 Å². The zero-order chi connectivity index (χ0) is 15.6. The molecule has 0 fully saturated rings. The van der Waals surface area contributed by atoms with Gasteiger partial charge >= 0.3 is 5.97 Å². The Labute approximate surface area is 124 Å². The SMILES string of the molecule is COc1c(Cl)cccc1-c1ccc([N+](=O)[O-])cc1C(=O)O. The van der Waals surface area contributed by atoms with E-state index in [-0.39, 0.29) is 11.3 Å². The molecule has 1 N–H and O–H groups in total. The highest BCUT2D eigenvalue weighted by atomic mass is 35.5. The van der Waals surface area contributed by atoms with Crippen molar-refractivity contribution in [3.05, 3.63) is 57.1 Å². The second-order valence-electron chi connectivity index (χ2n) is 4.11. The molecule has 7 heteroatoms. The second-order valence-corrected chi connectivity index (χ2v) is 4.52. The van der Waals surface area contributed by atoms with Crippen LogP contribution < -0.4 is 4.74 Å². The average Bonchev–Trinajstić information content (AvgIpc) is 2.46. The van der Waals surface area contributed by atoms with Crippen molar-refractivity contribution < 1.29 is 19.6 Å². The van der Waals surface area contributed by atoms with Crippen molar-refractivity contribution in [3.8, 4) is 16.9 Å². The highest BCUT2D eigenvalue weighted by molar-refractivity contribution is 6.32. The molecule has 108 valence electrons. The molecule has 2 aromatic carbocycles. The zero-order valence-electron chi connectivity index (χ0n) is 10.9. The number of nitro benzene ring substituents is 1. The Morgan fingerprint density at radius 1 is 1.29 bits per heavy atom. The summed E-state index contributed by atoms with van der Waals surface area (Å²) in [6.45, 7) is 0. The lowest BCUT2D eigenvalue weighted by Gasteiger charge is -2.12. The number of carbonyl (C=O) groups is 1. The predicted octanol–water partition coefficient (Wildman–Crippen LogP) is 3.62. The van der Waals surface area contributed by atoms with Crippen molar-refractivity contribution in [3.63, 3.8) is 0 Å². The third-order valence-electron chi connectivity index (χ3n) is 2.91. The van der Waals surface area contributed by atoms with Gasteiger partial charge in [0.05, 0.1) is 22.6 Å². The van der Waals surface area contributed by atoms with Gasteiger partial charge in [-0.2, -0.15) is 0 Å². The second kappa shape index (κ2) is 5.80. The van der Waals surface area contributed by atoms with Crippen LogP contribution in [0.4, 0.5) is 5.69 Å². The van der Waals surface area contributed by atoms with Crippen LogP contribution in [0.15, 0.2) is 36.4 Å². The van der Waals surface area contributed by atoms with Crippen LogP contribution in [0, 0.1) is 10.1 Å². The van der Waals surface area contributed by atoms with Crippen molar-refractivity contribution in [1.29, 1.82) is 0 Å². The van der Waals surface area contributed by atoms with Crippen LogP contribution in [0.3, 0.4) is 0 Å². The standard InChI is InChI=1S/C14H10ClNO5/c1-21-13-10(3-2-4-12(13)15)9-6-5-8(16(19)20)7-11(9)14(17)18/h2-7H,1H3,(H,17,18). The fraction of sp³-hybridized carbons (Fsp3) is 0.0714. The van der Waals surface area contributed by atoms with E-state index in [1.54, 1.807) is 18.2 Å².